The van der Waals surface area contributed by atoms with Crippen LogP contribution in [0.5, 0.6) is 0 Å². The van der Waals surface area contributed by atoms with Gasteiger partial charge in [0.25, 0.3) is 0 Å². The van der Waals surface area contributed by atoms with E-state index in [2.05, 4.69) is 33.2 Å². The molecule has 0 aliphatic carbocycles. The first kappa shape index (κ1) is 22.7. The molecule has 2 atom stereocenters. The molecule has 2 aliphatic heterocycles. The fourth-order valence-electron chi connectivity index (χ4n) is 4.31. The minimum Gasteiger partial charge on any atom is -0.360 e. The Bertz CT molecular complexity index is 891. The van der Waals surface area contributed by atoms with Crippen LogP contribution in [-0.4, -0.2) is 61.3 Å². The summed E-state index contributed by atoms with van der Waals surface area (Å²) < 4.78 is 5.55. The molecular formula is C23H31N5O3S. The van der Waals surface area contributed by atoms with Crippen LogP contribution in [0.2, 0.25) is 0 Å². The van der Waals surface area contributed by atoms with Crippen molar-refractivity contribution in [2.24, 2.45) is 11.8 Å². The van der Waals surface area contributed by atoms with Crippen molar-refractivity contribution in [3.05, 3.63) is 47.9 Å². The second-order valence-corrected chi connectivity index (χ2v) is 9.43. The molecule has 0 radical (unpaired) electrons. The number of urea groups is 1. The number of carbonyl (C=O) groups excluding carboxylic acids is 2. The standard InChI is InChI=1S/C23H31N5O3S/c29-22(25-8-10-28-11-9-26-23(28)30)13-17-6-7-24-15-18(17)12-19-14-20(31-27-19)16-32-21-4-2-1-3-5-21/h1-5,14,17-18,24H,6-13,15-16H2,(H,25,29)(H,26,30). The summed E-state index contributed by atoms with van der Waals surface area (Å²) in [6.07, 6.45) is 2.28. The Morgan fingerprint density at radius 1 is 1.25 bits per heavy atom. The van der Waals surface area contributed by atoms with E-state index in [1.54, 1.807) is 16.7 Å². The molecule has 8 nitrogen and oxygen atoms in total. The van der Waals surface area contributed by atoms with E-state index >= 15 is 0 Å². The molecule has 32 heavy (non-hydrogen) atoms. The minimum atomic E-state index is -0.0492. The number of hydrogen-bond donors (Lipinski definition) is 3. The van der Waals surface area contributed by atoms with E-state index in [1.165, 1.54) is 4.90 Å². The lowest BCUT2D eigenvalue weighted by Crippen LogP contribution is -2.41. The Morgan fingerprint density at radius 2 is 2.12 bits per heavy atom. The van der Waals surface area contributed by atoms with Gasteiger partial charge in [0.2, 0.25) is 5.91 Å². The highest BCUT2D eigenvalue weighted by Gasteiger charge is 2.28. The molecule has 2 fully saturated rings. The number of nitrogens with one attached hydrogen (secondary N) is 3. The molecule has 2 unspecified atom stereocenters. The number of aromatic nitrogens is 1. The van der Waals surface area contributed by atoms with E-state index in [0.717, 1.165) is 43.1 Å². The number of amides is 3. The predicted molar refractivity (Wildman–Crippen MR) is 123 cm³/mol. The van der Waals surface area contributed by atoms with Crippen LogP contribution in [0.15, 0.2) is 45.8 Å². The first-order chi connectivity index (χ1) is 15.7. The molecule has 172 valence electrons. The van der Waals surface area contributed by atoms with Gasteiger partial charge in [-0.1, -0.05) is 23.4 Å². The Balaban J connectivity index is 1.23. The number of carbonyl (C=O) groups is 2. The van der Waals surface area contributed by atoms with Crippen molar-refractivity contribution < 1.29 is 14.1 Å². The molecule has 0 bridgehead atoms. The molecule has 4 rings (SSSR count). The quantitative estimate of drug-likeness (QED) is 0.474. The van der Waals surface area contributed by atoms with Gasteiger partial charge < -0.3 is 25.4 Å². The maximum atomic E-state index is 12.5. The summed E-state index contributed by atoms with van der Waals surface area (Å²) >= 11 is 1.73. The van der Waals surface area contributed by atoms with Crippen LogP contribution in [0.25, 0.3) is 0 Å². The molecule has 1 aromatic carbocycles. The maximum Gasteiger partial charge on any atom is 0.317 e. The van der Waals surface area contributed by atoms with Gasteiger partial charge in [-0.2, -0.15) is 0 Å². The molecular weight excluding hydrogens is 426 g/mol. The molecule has 2 saturated heterocycles. The van der Waals surface area contributed by atoms with Gasteiger partial charge in [-0.3, -0.25) is 4.79 Å². The fourth-order valence-corrected chi connectivity index (χ4v) is 5.10. The summed E-state index contributed by atoms with van der Waals surface area (Å²) in [6, 6.07) is 12.2. The van der Waals surface area contributed by atoms with Crippen molar-refractivity contribution in [3.63, 3.8) is 0 Å². The van der Waals surface area contributed by atoms with Gasteiger partial charge in [-0.25, -0.2) is 4.79 Å². The Labute approximate surface area is 192 Å². The normalized spacial score (nSPS) is 20.9. The number of piperidine rings is 1. The Morgan fingerprint density at radius 3 is 2.94 bits per heavy atom. The summed E-state index contributed by atoms with van der Waals surface area (Å²) in [5.41, 5.74) is 0.952. The highest BCUT2D eigenvalue weighted by atomic mass is 32.2. The fraction of sp³-hybridized carbons (Fsp3) is 0.522. The number of nitrogens with zero attached hydrogens (tertiary/aromatic N) is 2. The molecule has 3 amide bonds. The van der Waals surface area contributed by atoms with Crippen LogP contribution in [0.1, 0.15) is 24.3 Å². The largest absolute Gasteiger partial charge is 0.360 e. The summed E-state index contributed by atoms with van der Waals surface area (Å²) in [5, 5.41) is 13.5. The van der Waals surface area contributed by atoms with Crippen LogP contribution < -0.4 is 16.0 Å². The van der Waals surface area contributed by atoms with Crippen LogP contribution in [0.3, 0.4) is 0 Å². The van der Waals surface area contributed by atoms with Crippen LogP contribution >= 0.6 is 11.8 Å². The zero-order valence-electron chi connectivity index (χ0n) is 18.2. The second-order valence-electron chi connectivity index (χ2n) is 8.38. The van der Waals surface area contributed by atoms with Gasteiger partial charge in [0.1, 0.15) is 5.76 Å². The smallest absolute Gasteiger partial charge is 0.317 e. The van der Waals surface area contributed by atoms with Gasteiger partial charge in [0, 0.05) is 43.6 Å². The first-order valence-electron chi connectivity index (χ1n) is 11.3. The van der Waals surface area contributed by atoms with Crippen molar-refractivity contribution in [1.82, 2.24) is 26.0 Å². The number of benzene rings is 1. The van der Waals surface area contributed by atoms with E-state index in [0.29, 0.717) is 44.4 Å². The Hall–Kier alpha value is -2.52. The molecule has 3 N–H and O–H groups in total. The minimum absolute atomic E-state index is 0.0492. The number of rotatable bonds is 10. The first-order valence-corrected chi connectivity index (χ1v) is 12.3. The van der Waals surface area contributed by atoms with Crippen LogP contribution in [0.4, 0.5) is 4.79 Å². The Kier molecular flexibility index (Phi) is 8.06. The lowest BCUT2D eigenvalue weighted by atomic mass is 9.81. The van der Waals surface area contributed by atoms with E-state index in [9.17, 15) is 9.59 Å². The van der Waals surface area contributed by atoms with E-state index < -0.39 is 0 Å². The molecule has 0 spiro atoms. The molecule has 2 aliphatic rings. The summed E-state index contributed by atoms with van der Waals surface area (Å²) in [7, 11) is 0. The average Bonchev–Trinajstić information content (AvgIpc) is 3.43. The highest BCUT2D eigenvalue weighted by Crippen LogP contribution is 2.27. The predicted octanol–water partition coefficient (Wildman–Crippen LogP) is 2.27. The molecule has 0 saturated carbocycles. The SMILES string of the molecule is O=C(CC1CCNCC1Cc1cc(CSc2ccccc2)on1)NCCN1CCNC1=O. The van der Waals surface area contributed by atoms with Gasteiger partial charge in [0.05, 0.1) is 11.4 Å². The third-order valence-electron chi connectivity index (χ3n) is 6.07. The third kappa shape index (κ3) is 6.49. The highest BCUT2D eigenvalue weighted by molar-refractivity contribution is 7.98. The number of hydrogen-bond acceptors (Lipinski definition) is 6. The van der Waals surface area contributed by atoms with Crippen molar-refractivity contribution in [2.75, 3.05) is 39.3 Å². The second kappa shape index (κ2) is 11.4. The zero-order valence-corrected chi connectivity index (χ0v) is 19.0. The molecule has 3 heterocycles. The lowest BCUT2D eigenvalue weighted by Gasteiger charge is -2.31. The summed E-state index contributed by atoms with van der Waals surface area (Å²) in [6.45, 7) is 4.24. The van der Waals surface area contributed by atoms with Crippen LogP contribution in [-0.2, 0) is 17.0 Å². The van der Waals surface area contributed by atoms with Gasteiger partial charge in [-0.15, -0.1) is 11.8 Å². The monoisotopic (exact) mass is 457 g/mol. The average molecular weight is 458 g/mol. The van der Waals surface area contributed by atoms with E-state index in [4.69, 9.17) is 4.52 Å². The number of thioether (sulfide) groups is 1. The molecule has 2 aromatic rings. The van der Waals surface area contributed by atoms with Crippen molar-refractivity contribution in [3.8, 4) is 0 Å². The van der Waals surface area contributed by atoms with E-state index in [-0.39, 0.29) is 11.9 Å². The van der Waals surface area contributed by atoms with E-state index in [1.807, 2.05) is 24.3 Å². The van der Waals surface area contributed by atoms with Crippen molar-refractivity contribution in [2.45, 2.75) is 29.9 Å². The topological polar surface area (TPSA) is 99.5 Å². The summed E-state index contributed by atoms with van der Waals surface area (Å²) in [4.78, 5) is 27.0. The van der Waals surface area contributed by atoms with Crippen LogP contribution in [0, 0.1) is 11.8 Å². The molecule has 9 heteroatoms. The van der Waals surface area contributed by atoms with Crippen molar-refractivity contribution in [1.29, 1.82) is 0 Å². The van der Waals surface area contributed by atoms with Gasteiger partial charge in [0.15, 0.2) is 0 Å². The van der Waals surface area contributed by atoms with Gasteiger partial charge >= 0.3 is 6.03 Å². The third-order valence-corrected chi connectivity index (χ3v) is 7.10. The molecule has 1 aromatic heterocycles. The van der Waals surface area contributed by atoms with Crippen molar-refractivity contribution >= 4 is 23.7 Å². The summed E-state index contributed by atoms with van der Waals surface area (Å²) in [5.74, 6) is 2.34. The van der Waals surface area contributed by atoms with Gasteiger partial charge in [-0.05, 0) is 49.9 Å². The lowest BCUT2D eigenvalue weighted by molar-refractivity contribution is -0.122. The maximum absolute atomic E-state index is 12.5. The zero-order chi connectivity index (χ0) is 22.2.